The highest BCUT2D eigenvalue weighted by Crippen LogP contribution is 2.21. The third kappa shape index (κ3) is 3.13. The predicted octanol–water partition coefficient (Wildman–Crippen LogP) is 3.95. The fourth-order valence-corrected chi connectivity index (χ4v) is 2.73. The van der Waals surface area contributed by atoms with Gasteiger partial charge in [-0.2, -0.15) is 5.10 Å². The third-order valence-corrected chi connectivity index (χ3v) is 3.92. The van der Waals surface area contributed by atoms with Crippen molar-refractivity contribution in [3.63, 3.8) is 0 Å². The van der Waals surface area contributed by atoms with E-state index in [-0.39, 0.29) is 0 Å². The molecule has 0 aliphatic heterocycles. The van der Waals surface area contributed by atoms with E-state index in [2.05, 4.69) is 56.5 Å². The third-order valence-electron chi connectivity index (χ3n) is 3.19. The molecular formula is C16H15BrN4. The van der Waals surface area contributed by atoms with Crippen molar-refractivity contribution in [1.29, 1.82) is 0 Å². The van der Waals surface area contributed by atoms with Crippen LogP contribution in [0.25, 0.3) is 5.82 Å². The molecule has 1 aromatic carbocycles. The lowest BCUT2D eigenvalue weighted by Crippen LogP contribution is -2.07. The monoisotopic (exact) mass is 342 g/mol. The molecule has 0 radical (unpaired) electrons. The molecule has 4 nitrogen and oxygen atoms in total. The summed E-state index contributed by atoms with van der Waals surface area (Å²) >= 11 is 3.60. The first kappa shape index (κ1) is 13.8. The largest absolute Gasteiger partial charge is 0.378 e. The van der Waals surface area contributed by atoms with Crippen LogP contribution in [0, 0.1) is 6.92 Å². The van der Waals surface area contributed by atoms with Crippen LogP contribution in [-0.2, 0) is 6.54 Å². The van der Waals surface area contributed by atoms with Crippen molar-refractivity contribution in [2.24, 2.45) is 0 Å². The maximum Gasteiger partial charge on any atom is 0.176 e. The Bertz CT molecular complexity index is 738. The molecule has 0 aliphatic rings. The van der Waals surface area contributed by atoms with E-state index >= 15 is 0 Å². The van der Waals surface area contributed by atoms with Crippen molar-refractivity contribution >= 4 is 21.6 Å². The summed E-state index contributed by atoms with van der Waals surface area (Å²) in [4.78, 5) is 4.40. The number of anilines is 1. The first-order chi connectivity index (χ1) is 10.2. The van der Waals surface area contributed by atoms with Crippen LogP contribution in [-0.4, -0.2) is 14.8 Å². The second-order valence-electron chi connectivity index (χ2n) is 4.77. The number of hydrogen-bond acceptors (Lipinski definition) is 3. The highest BCUT2D eigenvalue weighted by molar-refractivity contribution is 9.10. The van der Waals surface area contributed by atoms with E-state index in [9.17, 15) is 0 Å². The molecule has 0 fully saturated rings. The predicted molar refractivity (Wildman–Crippen MR) is 87.6 cm³/mol. The fourth-order valence-electron chi connectivity index (χ4n) is 2.10. The van der Waals surface area contributed by atoms with Gasteiger partial charge in [0, 0.05) is 29.6 Å². The van der Waals surface area contributed by atoms with Gasteiger partial charge in [-0.25, -0.2) is 9.67 Å². The zero-order valence-electron chi connectivity index (χ0n) is 11.6. The van der Waals surface area contributed by atoms with Gasteiger partial charge in [0.15, 0.2) is 5.82 Å². The summed E-state index contributed by atoms with van der Waals surface area (Å²) in [7, 11) is 0. The minimum absolute atomic E-state index is 0.723. The normalized spacial score (nSPS) is 10.6. The topological polar surface area (TPSA) is 42.7 Å². The molecule has 106 valence electrons. The molecule has 2 aromatic heterocycles. The Balaban J connectivity index is 1.83. The van der Waals surface area contributed by atoms with Crippen LogP contribution in [0.15, 0.2) is 59.5 Å². The summed E-state index contributed by atoms with van der Waals surface area (Å²) in [6, 6.07) is 12.2. The van der Waals surface area contributed by atoms with Crippen molar-refractivity contribution in [1.82, 2.24) is 14.8 Å². The Morgan fingerprint density at radius 3 is 2.86 bits per heavy atom. The maximum absolute atomic E-state index is 4.40. The quantitative estimate of drug-likeness (QED) is 0.780. The SMILES string of the molecule is Cc1ccc(CNc2cccnc2-n2cccn2)c(Br)c1. The van der Waals surface area contributed by atoms with Gasteiger partial charge in [0.1, 0.15) is 0 Å². The van der Waals surface area contributed by atoms with Crippen molar-refractivity contribution in [3.8, 4) is 5.82 Å². The summed E-state index contributed by atoms with van der Waals surface area (Å²) in [5.41, 5.74) is 3.40. The molecular weight excluding hydrogens is 328 g/mol. The number of pyridine rings is 1. The molecule has 0 saturated heterocycles. The fraction of sp³-hybridized carbons (Fsp3) is 0.125. The van der Waals surface area contributed by atoms with Crippen molar-refractivity contribution in [3.05, 3.63) is 70.6 Å². The Kier molecular flexibility index (Phi) is 4.01. The summed E-state index contributed by atoms with van der Waals surface area (Å²) in [5, 5.41) is 7.66. The van der Waals surface area contributed by atoms with E-state index in [1.54, 1.807) is 17.1 Å². The van der Waals surface area contributed by atoms with Gasteiger partial charge in [-0.3, -0.25) is 0 Å². The molecule has 2 heterocycles. The number of halogens is 1. The Labute approximate surface area is 132 Å². The molecule has 0 amide bonds. The zero-order valence-corrected chi connectivity index (χ0v) is 13.2. The lowest BCUT2D eigenvalue weighted by molar-refractivity contribution is 0.846. The van der Waals surface area contributed by atoms with Crippen LogP contribution < -0.4 is 5.32 Å². The minimum atomic E-state index is 0.723. The van der Waals surface area contributed by atoms with Crippen molar-refractivity contribution < 1.29 is 0 Å². The zero-order chi connectivity index (χ0) is 14.7. The van der Waals surface area contributed by atoms with Crippen molar-refractivity contribution in [2.75, 3.05) is 5.32 Å². The Hall–Kier alpha value is -2.14. The number of nitrogens with zero attached hydrogens (tertiary/aromatic N) is 3. The van der Waals surface area contributed by atoms with Gasteiger partial charge in [0.2, 0.25) is 0 Å². The Morgan fingerprint density at radius 1 is 1.19 bits per heavy atom. The molecule has 0 saturated carbocycles. The summed E-state index contributed by atoms with van der Waals surface area (Å²) in [6.45, 7) is 2.81. The van der Waals surface area contributed by atoms with E-state index in [1.807, 2.05) is 24.4 Å². The van der Waals surface area contributed by atoms with Gasteiger partial charge < -0.3 is 5.32 Å². The van der Waals surface area contributed by atoms with Gasteiger partial charge in [-0.05, 0) is 42.3 Å². The minimum Gasteiger partial charge on any atom is -0.378 e. The summed E-state index contributed by atoms with van der Waals surface area (Å²) in [5.74, 6) is 0.797. The van der Waals surface area contributed by atoms with Gasteiger partial charge in [0.25, 0.3) is 0 Å². The number of hydrogen-bond donors (Lipinski definition) is 1. The second kappa shape index (κ2) is 6.10. The number of rotatable bonds is 4. The highest BCUT2D eigenvalue weighted by atomic mass is 79.9. The van der Waals surface area contributed by atoms with Crippen LogP contribution in [0.3, 0.4) is 0 Å². The van der Waals surface area contributed by atoms with E-state index in [1.165, 1.54) is 11.1 Å². The van der Waals surface area contributed by atoms with Crippen LogP contribution in [0.4, 0.5) is 5.69 Å². The average Bonchev–Trinajstić information content (AvgIpc) is 3.01. The lowest BCUT2D eigenvalue weighted by Gasteiger charge is -2.12. The summed E-state index contributed by atoms with van der Waals surface area (Å²) < 4.78 is 2.87. The maximum atomic E-state index is 4.40. The molecule has 5 heteroatoms. The average molecular weight is 343 g/mol. The molecule has 3 aromatic rings. The standard InChI is InChI=1S/C16H15BrN4/c1-12-5-6-13(14(17)10-12)11-19-15-4-2-7-18-16(15)21-9-3-8-20-21/h2-10,19H,11H2,1H3. The molecule has 0 spiro atoms. The number of benzene rings is 1. The second-order valence-corrected chi connectivity index (χ2v) is 5.63. The van der Waals surface area contributed by atoms with E-state index in [0.29, 0.717) is 0 Å². The van der Waals surface area contributed by atoms with Gasteiger partial charge in [0.05, 0.1) is 5.69 Å². The van der Waals surface area contributed by atoms with E-state index in [0.717, 1.165) is 22.5 Å². The van der Waals surface area contributed by atoms with Gasteiger partial charge in [-0.15, -0.1) is 0 Å². The molecule has 3 rings (SSSR count). The van der Waals surface area contributed by atoms with Crippen LogP contribution in [0.2, 0.25) is 0 Å². The molecule has 0 unspecified atom stereocenters. The van der Waals surface area contributed by atoms with Crippen LogP contribution >= 0.6 is 15.9 Å². The molecule has 21 heavy (non-hydrogen) atoms. The Morgan fingerprint density at radius 2 is 2.10 bits per heavy atom. The smallest absolute Gasteiger partial charge is 0.176 e. The van der Waals surface area contributed by atoms with Crippen LogP contribution in [0.5, 0.6) is 0 Å². The van der Waals surface area contributed by atoms with Crippen LogP contribution in [0.1, 0.15) is 11.1 Å². The molecule has 0 bridgehead atoms. The highest BCUT2D eigenvalue weighted by Gasteiger charge is 2.06. The lowest BCUT2D eigenvalue weighted by atomic mass is 10.1. The van der Waals surface area contributed by atoms with Crippen molar-refractivity contribution in [2.45, 2.75) is 13.5 Å². The van der Waals surface area contributed by atoms with E-state index in [4.69, 9.17) is 0 Å². The number of nitrogens with one attached hydrogen (secondary N) is 1. The first-order valence-electron chi connectivity index (χ1n) is 6.68. The molecule has 1 N–H and O–H groups in total. The number of aromatic nitrogens is 3. The first-order valence-corrected chi connectivity index (χ1v) is 7.47. The van der Waals surface area contributed by atoms with E-state index < -0.39 is 0 Å². The van der Waals surface area contributed by atoms with Gasteiger partial charge >= 0.3 is 0 Å². The summed E-state index contributed by atoms with van der Waals surface area (Å²) in [6.07, 6.45) is 5.40. The molecule has 0 atom stereocenters. The number of aryl methyl sites for hydroxylation is 1. The molecule has 0 aliphatic carbocycles. The van der Waals surface area contributed by atoms with Gasteiger partial charge in [-0.1, -0.05) is 28.1 Å².